The topological polar surface area (TPSA) is 83.7 Å². The van der Waals surface area contributed by atoms with E-state index < -0.39 is 11.9 Å². The summed E-state index contributed by atoms with van der Waals surface area (Å²) in [5, 5.41) is 4.17. The van der Waals surface area contributed by atoms with Gasteiger partial charge < -0.3 is 24.7 Å². The van der Waals surface area contributed by atoms with Crippen molar-refractivity contribution in [3.8, 4) is 11.5 Å². The minimum atomic E-state index is -0.939. The molecule has 0 saturated heterocycles. The fraction of sp³-hybridized carbons (Fsp3) is 0.312. The average Bonchev–Trinajstić information content (AvgIpc) is 3.61. The van der Waals surface area contributed by atoms with E-state index in [1.54, 1.807) is 17.0 Å². The number of aromatic amines is 1. The average molecular weight is 542 g/mol. The molecule has 2 amide bonds. The third-order valence-electron chi connectivity index (χ3n) is 7.82. The number of rotatable bonds is 8. The molecule has 1 aliphatic heterocycles. The zero-order chi connectivity index (χ0) is 27.5. The molecule has 0 unspecified atom stereocenters. The molecule has 206 valence electrons. The normalized spacial score (nSPS) is 15.6. The molecule has 6 rings (SSSR count). The van der Waals surface area contributed by atoms with E-state index in [9.17, 15) is 14.0 Å². The van der Waals surface area contributed by atoms with Crippen LogP contribution in [0.4, 0.5) is 4.39 Å². The Labute approximate surface area is 232 Å². The fourth-order valence-electron chi connectivity index (χ4n) is 5.75. The molecule has 3 aromatic carbocycles. The van der Waals surface area contributed by atoms with Crippen molar-refractivity contribution in [1.29, 1.82) is 0 Å². The highest BCUT2D eigenvalue weighted by Gasteiger charge is 2.33. The Morgan fingerprint density at radius 1 is 0.975 bits per heavy atom. The molecule has 2 N–H and O–H groups in total. The van der Waals surface area contributed by atoms with Crippen LogP contribution in [0.15, 0.2) is 72.9 Å². The number of para-hydroxylation sites is 1. The summed E-state index contributed by atoms with van der Waals surface area (Å²) in [6.07, 6.45) is 7.05. The molecule has 2 aliphatic rings. The lowest BCUT2D eigenvalue weighted by Crippen LogP contribution is -2.47. The number of amides is 2. The van der Waals surface area contributed by atoms with Crippen molar-refractivity contribution in [3.05, 3.63) is 95.4 Å². The number of H-pyrrole nitrogens is 1. The van der Waals surface area contributed by atoms with Gasteiger partial charge in [0, 0.05) is 29.7 Å². The van der Waals surface area contributed by atoms with Crippen molar-refractivity contribution < 1.29 is 23.5 Å². The molecule has 1 saturated carbocycles. The number of carbonyl (C=O) groups is 2. The zero-order valence-corrected chi connectivity index (χ0v) is 22.2. The molecule has 1 atom stereocenters. The highest BCUT2D eigenvalue weighted by Crippen LogP contribution is 2.34. The van der Waals surface area contributed by atoms with Gasteiger partial charge in [-0.05, 0) is 59.9 Å². The number of nitrogens with zero attached hydrogens (tertiary/aromatic N) is 1. The molecule has 0 bridgehead atoms. The number of fused-ring (bicyclic) bond motifs is 2. The smallest absolute Gasteiger partial charge is 0.247 e. The largest absolute Gasteiger partial charge is 0.454 e. The molecule has 1 fully saturated rings. The van der Waals surface area contributed by atoms with Crippen molar-refractivity contribution in [3.63, 3.8) is 0 Å². The first-order valence-corrected chi connectivity index (χ1v) is 13.8. The van der Waals surface area contributed by atoms with Gasteiger partial charge in [-0.2, -0.15) is 0 Å². The van der Waals surface area contributed by atoms with E-state index >= 15 is 0 Å². The van der Waals surface area contributed by atoms with Crippen LogP contribution >= 0.6 is 0 Å². The maximum atomic E-state index is 14.2. The van der Waals surface area contributed by atoms with Crippen molar-refractivity contribution in [1.82, 2.24) is 15.2 Å². The van der Waals surface area contributed by atoms with Crippen LogP contribution in [0, 0.1) is 5.82 Å². The van der Waals surface area contributed by atoms with Gasteiger partial charge in [0.05, 0.1) is 6.42 Å². The van der Waals surface area contributed by atoms with Crippen molar-refractivity contribution in [2.24, 2.45) is 0 Å². The number of benzene rings is 3. The van der Waals surface area contributed by atoms with Gasteiger partial charge in [-0.3, -0.25) is 9.59 Å². The van der Waals surface area contributed by atoms with Crippen LogP contribution < -0.4 is 14.8 Å². The Morgan fingerprint density at radius 3 is 2.58 bits per heavy atom. The molecule has 40 heavy (non-hydrogen) atoms. The zero-order valence-electron chi connectivity index (χ0n) is 22.2. The van der Waals surface area contributed by atoms with Crippen LogP contribution in [0.25, 0.3) is 10.9 Å². The van der Waals surface area contributed by atoms with E-state index in [0.29, 0.717) is 17.1 Å². The monoisotopic (exact) mass is 541 g/mol. The van der Waals surface area contributed by atoms with Gasteiger partial charge in [0.25, 0.3) is 0 Å². The van der Waals surface area contributed by atoms with E-state index in [1.807, 2.05) is 48.7 Å². The van der Waals surface area contributed by atoms with Gasteiger partial charge >= 0.3 is 0 Å². The molecule has 0 spiro atoms. The number of carbonyl (C=O) groups excluding carboxylic acids is 2. The molecular formula is C32H32FN3O4. The maximum Gasteiger partial charge on any atom is 0.247 e. The van der Waals surface area contributed by atoms with Crippen LogP contribution in [-0.2, 0) is 22.6 Å². The third kappa shape index (κ3) is 5.52. The SMILES string of the molecule is O=C(NC1CCCCC1)[C@@H](c1ccc(F)cc1)N(Cc1ccc2c(c1)OCO2)C(=O)Cc1c[nH]c2ccccc12. The predicted molar refractivity (Wildman–Crippen MR) is 149 cm³/mol. The summed E-state index contributed by atoms with van der Waals surface area (Å²) in [7, 11) is 0. The number of halogens is 1. The summed E-state index contributed by atoms with van der Waals surface area (Å²) in [4.78, 5) is 33.0. The summed E-state index contributed by atoms with van der Waals surface area (Å²) >= 11 is 0. The number of hydrogen-bond acceptors (Lipinski definition) is 4. The van der Waals surface area contributed by atoms with Gasteiger partial charge in [-0.15, -0.1) is 0 Å². The molecule has 8 heteroatoms. The highest BCUT2D eigenvalue weighted by molar-refractivity contribution is 5.92. The Hall–Kier alpha value is -4.33. The van der Waals surface area contributed by atoms with E-state index in [2.05, 4.69) is 10.3 Å². The van der Waals surface area contributed by atoms with Crippen molar-refractivity contribution in [2.45, 2.75) is 57.2 Å². The summed E-state index contributed by atoms with van der Waals surface area (Å²) in [6.45, 7) is 0.307. The lowest BCUT2D eigenvalue weighted by molar-refractivity contribution is -0.141. The van der Waals surface area contributed by atoms with Crippen LogP contribution in [0.1, 0.15) is 54.8 Å². The second kappa shape index (κ2) is 11.4. The Kier molecular flexibility index (Phi) is 7.40. The van der Waals surface area contributed by atoms with Crippen LogP contribution in [0.2, 0.25) is 0 Å². The van der Waals surface area contributed by atoms with Crippen LogP contribution in [0.3, 0.4) is 0 Å². The summed E-state index contributed by atoms with van der Waals surface area (Å²) in [6, 6.07) is 18.3. The summed E-state index contributed by atoms with van der Waals surface area (Å²) < 4.78 is 25.0. The highest BCUT2D eigenvalue weighted by atomic mass is 19.1. The second-order valence-corrected chi connectivity index (χ2v) is 10.5. The summed E-state index contributed by atoms with van der Waals surface area (Å²) in [5.74, 6) is 0.377. The number of hydrogen-bond donors (Lipinski definition) is 2. The molecule has 2 heterocycles. The third-order valence-corrected chi connectivity index (χ3v) is 7.82. The Bertz CT molecular complexity index is 1510. The van der Waals surface area contributed by atoms with Gasteiger partial charge in [0.2, 0.25) is 18.6 Å². The first kappa shape index (κ1) is 25.9. The van der Waals surface area contributed by atoms with Gasteiger partial charge in [-0.1, -0.05) is 55.7 Å². The van der Waals surface area contributed by atoms with E-state index in [0.717, 1.165) is 54.1 Å². The van der Waals surface area contributed by atoms with Crippen LogP contribution in [0.5, 0.6) is 11.5 Å². The van der Waals surface area contributed by atoms with Crippen molar-refractivity contribution >= 4 is 22.7 Å². The fourth-order valence-corrected chi connectivity index (χ4v) is 5.75. The van der Waals surface area contributed by atoms with E-state index in [4.69, 9.17) is 9.47 Å². The molecule has 1 aromatic heterocycles. The second-order valence-electron chi connectivity index (χ2n) is 10.5. The van der Waals surface area contributed by atoms with E-state index in [1.165, 1.54) is 12.1 Å². The molecule has 4 aromatic rings. The molecule has 0 radical (unpaired) electrons. The quantitative estimate of drug-likeness (QED) is 0.296. The molecular weight excluding hydrogens is 509 g/mol. The molecule has 7 nitrogen and oxygen atoms in total. The molecule has 1 aliphatic carbocycles. The first-order chi connectivity index (χ1) is 19.5. The standard InChI is InChI=1S/C32H32FN3O4/c33-24-13-11-22(12-14-24)31(32(38)35-25-6-2-1-3-7-25)36(19-21-10-15-28-29(16-21)40-20-39-28)30(37)17-23-18-34-27-9-5-4-8-26(23)27/h4-5,8-16,18,25,31,34H,1-3,6-7,17,19-20H2,(H,35,38)/t31-/m1/s1. The lowest BCUT2D eigenvalue weighted by atomic mass is 9.94. The number of ether oxygens (including phenoxy) is 2. The Morgan fingerprint density at radius 2 is 1.75 bits per heavy atom. The number of nitrogens with one attached hydrogen (secondary N) is 2. The van der Waals surface area contributed by atoms with Crippen molar-refractivity contribution in [2.75, 3.05) is 6.79 Å². The van der Waals surface area contributed by atoms with Gasteiger partial charge in [-0.25, -0.2) is 4.39 Å². The predicted octanol–water partition coefficient (Wildman–Crippen LogP) is 5.80. The lowest BCUT2D eigenvalue weighted by Gasteiger charge is -2.33. The first-order valence-electron chi connectivity index (χ1n) is 13.8. The van der Waals surface area contributed by atoms with Crippen LogP contribution in [-0.4, -0.2) is 34.5 Å². The minimum absolute atomic E-state index is 0.0558. The maximum absolute atomic E-state index is 14.2. The number of aromatic nitrogens is 1. The van der Waals surface area contributed by atoms with Gasteiger partial charge in [0.1, 0.15) is 11.9 Å². The Balaban J connectivity index is 1.37. The summed E-state index contributed by atoms with van der Waals surface area (Å²) in [5.41, 5.74) is 3.15. The van der Waals surface area contributed by atoms with Gasteiger partial charge in [0.15, 0.2) is 11.5 Å². The van der Waals surface area contributed by atoms with E-state index in [-0.39, 0.29) is 37.6 Å². The minimum Gasteiger partial charge on any atom is -0.454 e.